The van der Waals surface area contributed by atoms with E-state index in [2.05, 4.69) is 11.0 Å². The van der Waals surface area contributed by atoms with Gasteiger partial charge in [-0.1, -0.05) is 6.07 Å². The molecule has 0 aromatic heterocycles. The molecule has 2 atom stereocenters. The largest absolute Gasteiger partial charge is 0.493 e. The predicted molar refractivity (Wildman–Crippen MR) is 119 cm³/mol. The summed E-state index contributed by atoms with van der Waals surface area (Å²) in [5.74, 6) is 2.24. The van der Waals surface area contributed by atoms with Gasteiger partial charge >= 0.3 is 0 Å². The number of hydrogen-bond acceptors (Lipinski definition) is 4. The molecule has 0 radical (unpaired) electrons. The van der Waals surface area contributed by atoms with Gasteiger partial charge < -0.3 is 19.3 Å². The standard InChI is InChI=1S/C25H36N2O4/c1-30-22-13-9-18(16-23(22)31-2)8-12-21-7-3-4-15-27(21)25(29)20-6-5-14-26(17-20)24(28)19-10-11-19/h9,13,16,19-21H,3-8,10-12,14-15,17H2,1-2H3. The lowest BCUT2D eigenvalue weighted by Crippen LogP contribution is -2.51. The van der Waals surface area contributed by atoms with Crippen molar-refractivity contribution in [1.82, 2.24) is 9.80 Å². The fourth-order valence-electron chi connectivity index (χ4n) is 5.16. The van der Waals surface area contributed by atoms with Crippen LogP contribution in [0, 0.1) is 11.8 Å². The van der Waals surface area contributed by atoms with Gasteiger partial charge in [0.1, 0.15) is 0 Å². The van der Waals surface area contributed by atoms with E-state index in [1.54, 1.807) is 14.2 Å². The van der Waals surface area contributed by atoms with Gasteiger partial charge in [-0.05, 0) is 75.5 Å². The maximum Gasteiger partial charge on any atom is 0.227 e. The SMILES string of the molecule is COc1ccc(CCC2CCCCN2C(=O)C2CCCN(C(=O)C3CC3)C2)cc1OC. The highest BCUT2D eigenvalue weighted by atomic mass is 16.5. The molecule has 2 unspecified atom stereocenters. The lowest BCUT2D eigenvalue weighted by atomic mass is 9.91. The molecule has 1 aromatic carbocycles. The Morgan fingerprint density at radius 2 is 1.71 bits per heavy atom. The number of piperidine rings is 2. The quantitative estimate of drug-likeness (QED) is 0.665. The zero-order chi connectivity index (χ0) is 21.8. The maximum atomic E-state index is 13.5. The van der Waals surface area contributed by atoms with Gasteiger partial charge in [-0.2, -0.15) is 0 Å². The number of benzene rings is 1. The molecule has 0 spiro atoms. The van der Waals surface area contributed by atoms with Gasteiger partial charge in [0.15, 0.2) is 11.5 Å². The van der Waals surface area contributed by atoms with E-state index in [9.17, 15) is 9.59 Å². The van der Waals surface area contributed by atoms with Gasteiger partial charge in [0.25, 0.3) is 0 Å². The van der Waals surface area contributed by atoms with Crippen molar-refractivity contribution in [3.05, 3.63) is 23.8 Å². The Balaban J connectivity index is 1.37. The third kappa shape index (κ3) is 5.16. The van der Waals surface area contributed by atoms with E-state index in [0.717, 1.165) is 76.0 Å². The monoisotopic (exact) mass is 428 g/mol. The number of amides is 2. The number of likely N-dealkylation sites (tertiary alicyclic amines) is 2. The van der Waals surface area contributed by atoms with Crippen LogP contribution in [-0.4, -0.2) is 61.5 Å². The van der Waals surface area contributed by atoms with Crippen molar-refractivity contribution < 1.29 is 19.1 Å². The van der Waals surface area contributed by atoms with E-state index in [-0.39, 0.29) is 29.7 Å². The smallest absolute Gasteiger partial charge is 0.227 e. The molecule has 2 amide bonds. The number of aryl methyl sites for hydroxylation is 1. The highest BCUT2D eigenvalue weighted by Gasteiger charge is 2.38. The third-order valence-electron chi connectivity index (χ3n) is 7.13. The first kappa shape index (κ1) is 22.0. The lowest BCUT2D eigenvalue weighted by molar-refractivity contribution is -0.144. The van der Waals surface area contributed by atoms with Crippen LogP contribution in [0.3, 0.4) is 0 Å². The Hall–Kier alpha value is -2.24. The average molecular weight is 429 g/mol. The number of carbonyl (C=O) groups is 2. The van der Waals surface area contributed by atoms with Crippen LogP contribution in [0.5, 0.6) is 11.5 Å². The third-order valence-corrected chi connectivity index (χ3v) is 7.13. The van der Waals surface area contributed by atoms with Gasteiger partial charge in [0.05, 0.1) is 20.1 Å². The molecule has 2 heterocycles. The summed E-state index contributed by atoms with van der Waals surface area (Å²) in [5, 5.41) is 0. The summed E-state index contributed by atoms with van der Waals surface area (Å²) in [6, 6.07) is 6.35. The molecule has 1 aromatic rings. The molecule has 0 N–H and O–H groups in total. The summed E-state index contributed by atoms with van der Waals surface area (Å²) in [7, 11) is 3.30. The van der Waals surface area contributed by atoms with Crippen molar-refractivity contribution in [2.75, 3.05) is 33.9 Å². The first-order valence-corrected chi connectivity index (χ1v) is 11.9. The van der Waals surface area contributed by atoms with Gasteiger partial charge in [0.2, 0.25) is 11.8 Å². The van der Waals surface area contributed by atoms with E-state index >= 15 is 0 Å². The second-order valence-electron chi connectivity index (χ2n) is 9.31. The zero-order valence-corrected chi connectivity index (χ0v) is 19.0. The Kier molecular flexibility index (Phi) is 7.03. The van der Waals surface area contributed by atoms with Crippen LogP contribution in [0.4, 0.5) is 0 Å². The summed E-state index contributed by atoms with van der Waals surface area (Å²) in [4.78, 5) is 30.1. The highest BCUT2D eigenvalue weighted by molar-refractivity contribution is 5.83. The fourth-order valence-corrected chi connectivity index (χ4v) is 5.16. The van der Waals surface area contributed by atoms with Crippen LogP contribution in [0.25, 0.3) is 0 Å². The number of methoxy groups -OCH3 is 2. The minimum absolute atomic E-state index is 0.0295. The first-order valence-electron chi connectivity index (χ1n) is 11.9. The van der Waals surface area contributed by atoms with Crippen LogP contribution in [0.15, 0.2) is 18.2 Å². The van der Waals surface area contributed by atoms with Crippen molar-refractivity contribution in [2.45, 2.75) is 63.8 Å². The molecule has 2 saturated heterocycles. The minimum atomic E-state index is -0.0295. The zero-order valence-electron chi connectivity index (χ0n) is 19.0. The van der Waals surface area contributed by atoms with E-state index in [1.165, 1.54) is 12.0 Å². The Bertz CT molecular complexity index is 792. The summed E-state index contributed by atoms with van der Waals surface area (Å²) in [6.45, 7) is 2.29. The van der Waals surface area contributed by atoms with Crippen molar-refractivity contribution in [1.29, 1.82) is 0 Å². The van der Waals surface area contributed by atoms with Crippen molar-refractivity contribution in [2.24, 2.45) is 11.8 Å². The number of hydrogen-bond donors (Lipinski definition) is 0. The molecule has 4 rings (SSSR count). The van der Waals surface area contributed by atoms with Gasteiger partial charge in [0, 0.05) is 31.6 Å². The topological polar surface area (TPSA) is 59.1 Å². The number of rotatable bonds is 7. The van der Waals surface area contributed by atoms with Crippen LogP contribution >= 0.6 is 0 Å². The number of nitrogens with zero attached hydrogens (tertiary/aromatic N) is 2. The summed E-state index contributed by atoms with van der Waals surface area (Å²) >= 11 is 0. The van der Waals surface area contributed by atoms with Crippen molar-refractivity contribution in [3.8, 4) is 11.5 Å². The van der Waals surface area contributed by atoms with Gasteiger partial charge in [-0.3, -0.25) is 9.59 Å². The van der Waals surface area contributed by atoms with E-state index in [0.29, 0.717) is 6.54 Å². The molecule has 6 heteroatoms. The predicted octanol–water partition coefficient (Wildman–Crippen LogP) is 3.67. The second-order valence-corrected chi connectivity index (χ2v) is 9.31. The van der Waals surface area contributed by atoms with Crippen LogP contribution in [0.2, 0.25) is 0 Å². The molecule has 1 aliphatic carbocycles. The first-order chi connectivity index (χ1) is 15.1. The van der Waals surface area contributed by atoms with Crippen molar-refractivity contribution >= 4 is 11.8 Å². The molecular weight excluding hydrogens is 392 g/mol. The maximum absolute atomic E-state index is 13.5. The molecule has 2 aliphatic heterocycles. The molecule has 1 saturated carbocycles. The molecule has 31 heavy (non-hydrogen) atoms. The Morgan fingerprint density at radius 3 is 2.45 bits per heavy atom. The van der Waals surface area contributed by atoms with E-state index in [4.69, 9.17) is 9.47 Å². The average Bonchev–Trinajstić information content (AvgIpc) is 3.67. The molecule has 170 valence electrons. The molecule has 0 bridgehead atoms. The molecule has 3 fully saturated rings. The van der Waals surface area contributed by atoms with Gasteiger partial charge in [-0.15, -0.1) is 0 Å². The molecule has 6 nitrogen and oxygen atoms in total. The second kappa shape index (κ2) is 9.92. The van der Waals surface area contributed by atoms with Crippen LogP contribution in [-0.2, 0) is 16.0 Å². The van der Waals surface area contributed by atoms with Crippen LogP contribution in [0.1, 0.15) is 56.9 Å². The van der Waals surface area contributed by atoms with E-state index in [1.807, 2.05) is 17.0 Å². The lowest BCUT2D eigenvalue weighted by Gasteiger charge is -2.40. The number of carbonyl (C=O) groups excluding carboxylic acids is 2. The van der Waals surface area contributed by atoms with Crippen molar-refractivity contribution in [3.63, 3.8) is 0 Å². The number of ether oxygens (including phenoxy) is 2. The normalized spacial score (nSPS) is 24.1. The summed E-state index contributed by atoms with van der Waals surface area (Å²) < 4.78 is 10.8. The molecular formula is C25H36N2O4. The summed E-state index contributed by atoms with van der Waals surface area (Å²) in [5.41, 5.74) is 1.20. The minimum Gasteiger partial charge on any atom is -0.493 e. The highest BCUT2D eigenvalue weighted by Crippen LogP contribution is 2.34. The van der Waals surface area contributed by atoms with E-state index < -0.39 is 0 Å². The Morgan fingerprint density at radius 1 is 0.903 bits per heavy atom. The molecule has 3 aliphatic rings. The van der Waals surface area contributed by atoms with Gasteiger partial charge in [-0.25, -0.2) is 0 Å². The fraction of sp³-hybridized carbons (Fsp3) is 0.680. The summed E-state index contributed by atoms with van der Waals surface area (Å²) in [6.07, 6.45) is 9.09. The van der Waals surface area contributed by atoms with Crippen LogP contribution < -0.4 is 9.47 Å². The Labute approximate surface area is 185 Å².